The number of Topliss-reactive ketones (excluding diaryl/α,β-unsaturated/α-hetero) is 1. The zero-order chi connectivity index (χ0) is 12.5. The molecular formula is C9H19I3NOP. The van der Waals surface area contributed by atoms with Crippen molar-refractivity contribution in [1.82, 2.24) is 4.67 Å². The second-order valence-electron chi connectivity index (χ2n) is 2.86. The molecule has 2 nitrogen and oxygen atoms in total. The average Bonchev–Trinajstić information content (AvgIpc) is 2.11. The van der Waals surface area contributed by atoms with E-state index in [0.717, 1.165) is 25.9 Å². The van der Waals surface area contributed by atoms with E-state index < -0.39 is 0 Å². The molecule has 1 rings (SSSR count). The minimum Gasteiger partial charge on any atom is -0.300 e. The van der Waals surface area contributed by atoms with Crippen LogP contribution in [0.15, 0.2) is 0 Å². The van der Waals surface area contributed by atoms with Gasteiger partial charge in [-0.1, -0.05) is 91.0 Å². The highest BCUT2D eigenvalue weighted by Gasteiger charge is 2.11. The minimum absolute atomic E-state index is 0.406. The topological polar surface area (TPSA) is 20.3 Å². The van der Waals surface area contributed by atoms with E-state index in [2.05, 4.69) is 88.8 Å². The smallest absolute Gasteiger partial charge is 0.135 e. The highest BCUT2D eigenvalue weighted by molar-refractivity contribution is 14.3. The van der Waals surface area contributed by atoms with Crippen LogP contribution in [0.2, 0.25) is 0 Å². The Morgan fingerprint density at radius 3 is 1.67 bits per heavy atom. The summed E-state index contributed by atoms with van der Waals surface area (Å²) in [6, 6.07) is 0. The molecule has 0 saturated carbocycles. The predicted octanol–water partition coefficient (Wildman–Crippen LogP) is 4.43. The Hall–Kier alpha value is 2.25. The summed E-state index contributed by atoms with van der Waals surface area (Å²) < 4.78 is 2.51. The van der Waals surface area contributed by atoms with Crippen LogP contribution in [0.5, 0.6) is 0 Å². The molecule has 0 amide bonds. The largest absolute Gasteiger partial charge is 0.300 e. The van der Waals surface area contributed by atoms with Crippen LogP contribution in [0.25, 0.3) is 0 Å². The number of hydrogen-bond acceptors (Lipinski definition) is 2. The van der Waals surface area contributed by atoms with Crippen molar-refractivity contribution >= 4 is 82.9 Å². The molecule has 1 fully saturated rings. The molecule has 0 N–H and O–H groups in total. The van der Waals surface area contributed by atoms with Crippen LogP contribution in [0, 0.1) is 0 Å². The highest BCUT2D eigenvalue weighted by atomic mass is 127. The Morgan fingerprint density at radius 1 is 1.20 bits per heavy atom. The number of rotatable bonds is 0. The molecule has 0 bridgehead atoms. The summed E-state index contributed by atoms with van der Waals surface area (Å²) in [6.45, 7) is 7.99. The molecule has 1 aliphatic heterocycles. The van der Waals surface area contributed by atoms with Gasteiger partial charge in [-0.25, -0.2) is 0 Å². The molecule has 1 aliphatic rings. The SMILES string of the molecule is CC.CC(I)(I)I.O=C1CCN(P)CC1. The van der Waals surface area contributed by atoms with Gasteiger partial charge < -0.3 is 0 Å². The Balaban J connectivity index is 0. The number of hydrogen-bond donors (Lipinski definition) is 0. The maximum absolute atomic E-state index is 10.6. The van der Waals surface area contributed by atoms with Gasteiger partial charge in [0.05, 0.1) is 0 Å². The maximum Gasteiger partial charge on any atom is 0.135 e. The van der Waals surface area contributed by atoms with Crippen LogP contribution in [0.1, 0.15) is 33.6 Å². The summed E-state index contributed by atoms with van der Waals surface area (Å²) in [4.78, 5) is 10.6. The second-order valence-corrected chi connectivity index (χ2v) is 16.3. The van der Waals surface area contributed by atoms with Gasteiger partial charge in [0.1, 0.15) is 5.22 Å². The van der Waals surface area contributed by atoms with Crippen molar-refractivity contribution in [3.8, 4) is 0 Å². The standard InChI is InChI=1S/C5H10NOP.C2H3I3.C2H6/c7-5-1-3-6(8)4-2-5;1-2(3,4)5;1-2/h1-4,8H2;1H3;1-2H3. The van der Waals surface area contributed by atoms with Crippen LogP contribution in [0.3, 0.4) is 0 Å². The van der Waals surface area contributed by atoms with E-state index in [1.165, 1.54) is 0 Å². The lowest BCUT2D eigenvalue weighted by Crippen LogP contribution is -2.25. The molecule has 1 heterocycles. The van der Waals surface area contributed by atoms with Crippen LogP contribution in [-0.4, -0.2) is 23.0 Å². The van der Waals surface area contributed by atoms with Gasteiger partial charge in [-0.2, -0.15) is 0 Å². The van der Waals surface area contributed by atoms with Crippen molar-refractivity contribution < 1.29 is 4.79 Å². The number of carbonyl (C=O) groups is 1. The number of alkyl halides is 3. The molecule has 15 heavy (non-hydrogen) atoms. The van der Waals surface area contributed by atoms with Crippen molar-refractivity contribution in [2.75, 3.05) is 13.1 Å². The van der Waals surface area contributed by atoms with E-state index in [1.54, 1.807) is 0 Å². The Kier molecular flexibility index (Phi) is 14.8. The first kappa shape index (κ1) is 19.6. The Bertz CT molecular complexity index is 157. The van der Waals surface area contributed by atoms with Gasteiger partial charge in [0, 0.05) is 25.9 Å². The number of ketones is 1. The van der Waals surface area contributed by atoms with Gasteiger partial charge in [0.15, 0.2) is 0 Å². The van der Waals surface area contributed by atoms with E-state index in [-0.39, 0.29) is 0 Å². The van der Waals surface area contributed by atoms with Crippen LogP contribution in [-0.2, 0) is 4.79 Å². The van der Waals surface area contributed by atoms with Gasteiger partial charge in [-0.05, 0) is 6.92 Å². The fourth-order valence-corrected chi connectivity index (χ4v) is 1.03. The molecule has 6 heteroatoms. The highest BCUT2D eigenvalue weighted by Crippen LogP contribution is 2.33. The molecule has 1 atom stereocenters. The zero-order valence-corrected chi connectivity index (χ0v) is 17.0. The molecule has 0 aliphatic carbocycles. The lowest BCUT2D eigenvalue weighted by Gasteiger charge is -2.19. The molecule has 0 aromatic heterocycles. The number of piperidine rings is 1. The van der Waals surface area contributed by atoms with Crippen LogP contribution < -0.4 is 0 Å². The summed E-state index contributed by atoms with van der Waals surface area (Å²) in [5.74, 6) is 0.406. The number of carbonyl (C=O) groups excluding carboxylic acids is 1. The van der Waals surface area contributed by atoms with Crippen LogP contribution in [0.4, 0.5) is 0 Å². The summed E-state index contributed by atoms with van der Waals surface area (Å²) in [7, 11) is 2.60. The average molecular weight is 569 g/mol. The summed E-state index contributed by atoms with van der Waals surface area (Å²) >= 11 is 7.05. The molecule has 0 aromatic rings. The van der Waals surface area contributed by atoms with E-state index in [0.29, 0.717) is 5.22 Å². The Labute approximate surface area is 137 Å². The van der Waals surface area contributed by atoms with Crippen molar-refractivity contribution in [3.63, 3.8) is 0 Å². The summed E-state index contributed by atoms with van der Waals surface area (Å²) in [5, 5.41) is 0. The van der Waals surface area contributed by atoms with E-state index >= 15 is 0 Å². The molecule has 0 spiro atoms. The first-order valence-corrected chi connectivity index (χ1v) is 8.62. The van der Waals surface area contributed by atoms with E-state index in [4.69, 9.17) is 0 Å². The normalized spacial score (nSPS) is 17.1. The van der Waals surface area contributed by atoms with Gasteiger partial charge in [0.2, 0.25) is 0 Å². The fraction of sp³-hybridized carbons (Fsp3) is 0.889. The van der Waals surface area contributed by atoms with Crippen molar-refractivity contribution in [2.24, 2.45) is 0 Å². The van der Waals surface area contributed by atoms with E-state index in [9.17, 15) is 4.79 Å². The Morgan fingerprint density at radius 2 is 1.47 bits per heavy atom. The monoisotopic (exact) mass is 569 g/mol. The first-order valence-electron chi connectivity index (χ1n) is 4.87. The zero-order valence-electron chi connectivity index (χ0n) is 9.40. The summed E-state index contributed by atoms with van der Waals surface area (Å²) in [5.41, 5.74) is 0. The van der Waals surface area contributed by atoms with E-state index in [1.807, 2.05) is 13.8 Å². The lowest BCUT2D eigenvalue weighted by atomic mass is 10.1. The molecule has 0 radical (unpaired) electrons. The van der Waals surface area contributed by atoms with Gasteiger partial charge in [-0.3, -0.25) is 9.46 Å². The van der Waals surface area contributed by atoms with Crippen molar-refractivity contribution in [1.29, 1.82) is 0 Å². The van der Waals surface area contributed by atoms with Gasteiger partial charge in [0.25, 0.3) is 0 Å². The number of halogens is 3. The third kappa shape index (κ3) is 22.0. The van der Waals surface area contributed by atoms with Gasteiger partial charge >= 0.3 is 0 Å². The third-order valence-corrected chi connectivity index (χ3v) is 1.87. The maximum atomic E-state index is 10.6. The minimum atomic E-state index is 0.406. The predicted molar refractivity (Wildman–Crippen MR) is 97.3 cm³/mol. The molecule has 0 aromatic carbocycles. The quantitative estimate of drug-likeness (QED) is 0.245. The second kappa shape index (κ2) is 11.3. The molecule has 1 unspecified atom stereocenters. The lowest BCUT2D eigenvalue weighted by molar-refractivity contribution is -0.120. The molecule has 1 saturated heterocycles. The third-order valence-electron chi connectivity index (χ3n) is 1.36. The van der Waals surface area contributed by atoms with Gasteiger partial charge in [-0.15, -0.1) is 0 Å². The van der Waals surface area contributed by atoms with Crippen molar-refractivity contribution in [3.05, 3.63) is 0 Å². The first-order chi connectivity index (χ1) is 6.79. The van der Waals surface area contributed by atoms with Crippen molar-refractivity contribution in [2.45, 2.75) is 33.0 Å². The number of nitrogens with zero attached hydrogens (tertiary/aromatic N) is 1. The fourth-order valence-electron chi connectivity index (χ4n) is 0.773. The summed E-state index contributed by atoms with van der Waals surface area (Å²) in [6.07, 6.45) is 1.48. The van der Waals surface area contributed by atoms with Crippen LogP contribution >= 0.6 is 77.2 Å². The molecular weight excluding hydrogens is 550 g/mol. The molecule has 92 valence electrons.